The van der Waals surface area contributed by atoms with Crippen LogP contribution in [0.15, 0.2) is 6.33 Å². The Kier molecular flexibility index (Phi) is 1.87. The number of nitrogens with zero attached hydrogens (tertiary/aromatic N) is 2. The van der Waals surface area contributed by atoms with Crippen molar-refractivity contribution >= 4 is 5.82 Å². The molecule has 0 spiro atoms. The molecule has 0 unspecified atom stereocenters. The number of hydrogen-bond donors (Lipinski definition) is 2. The molecule has 0 bridgehead atoms. The Bertz CT molecular complexity index is 346. The zero-order valence-corrected chi connectivity index (χ0v) is 8.08. The van der Waals surface area contributed by atoms with E-state index in [0.717, 1.165) is 25.3 Å². The summed E-state index contributed by atoms with van der Waals surface area (Å²) in [6.07, 6.45) is 5.27. The topological polar surface area (TPSA) is 49.8 Å². The van der Waals surface area contributed by atoms with Gasteiger partial charge in [0, 0.05) is 31.1 Å². The van der Waals surface area contributed by atoms with E-state index in [1.807, 2.05) is 0 Å². The van der Waals surface area contributed by atoms with Gasteiger partial charge in [-0.2, -0.15) is 0 Å². The normalized spacial score (nSPS) is 20.3. The highest BCUT2D eigenvalue weighted by molar-refractivity contribution is 5.48. The Morgan fingerprint density at radius 2 is 2.29 bits per heavy atom. The molecule has 0 saturated heterocycles. The van der Waals surface area contributed by atoms with Crippen molar-refractivity contribution in [2.75, 3.05) is 11.9 Å². The Labute approximate surface area is 83.1 Å². The van der Waals surface area contributed by atoms with Gasteiger partial charge in [0.2, 0.25) is 0 Å². The molecular weight excluding hydrogens is 176 g/mol. The van der Waals surface area contributed by atoms with E-state index < -0.39 is 0 Å². The number of rotatable bonds is 2. The van der Waals surface area contributed by atoms with Crippen LogP contribution in [0.4, 0.5) is 5.82 Å². The maximum Gasteiger partial charge on any atom is 0.134 e. The zero-order valence-electron chi connectivity index (χ0n) is 8.08. The summed E-state index contributed by atoms with van der Waals surface area (Å²) in [4.78, 5) is 8.63. The molecule has 0 aromatic carbocycles. The predicted molar refractivity (Wildman–Crippen MR) is 54.1 cm³/mol. The molecule has 1 aliphatic carbocycles. The number of fused-ring (bicyclic) bond motifs is 1. The second kappa shape index (κ2) is 3.20. The van der Waals surface area contributed by atoms with E-state index in [9.17, 15) is 0 Å². The minimum Gasteiger partial charge on any atom is -0.367 e. The summed E-state index contributed by atoms with van der Waals surface area (Å²) >= 11 is 0. The molecule has 4 nitrogen and oxygen atoms in total. The first-order valence-electron chi connectivity index (χ1n) is 5.23. The fourth-order valence-corrected chi connectivity index (χ4v) is 1.82. The molecule has 2 N–H and O–H groups in total. The van der Waals surface area contributed by atoms with Crippen LogP contribution in [0.2, 0.25) is 0 Å². The van der Waals surface area contributed by atoms with E-state index in [2.05, 4.69) is 20.6 Å². The van der Waals surface area contributed by atoms with Crippen LogP contribution < -0.4 is 10.6 Å². The fourth-order valence-electron chi connectivity index (χ4n) is 1.82. The first-order chi connectivity index (χ1) is 6.93. The summed E-state index contributed by atoms with van der Waals surface area (Å²) in [5, 5.41) is 6.81. The largest absolute Gasteiger partial charge is 0.367 e. The lowest BCUT2D eigenvalue weighted by Crippen LogP contribution is -2.26. The molecule has 4 heteroatoms. The van der Waals surface area contributed by atoms with Crippen molar-refractivity contribution in [2.24, 2.45) is 0 Å². The van der Waals surface area contributed by atoms with Gasteiger partial charge >= 0.3 is 0 Å². The third-order valence-electron chi connectivity index (χ3n) is 2.79. The van der Waals surface area contributed by atoms with Gasteiger partial charge in [0.05, 0.1) is 5.69 Å². The molecule has 1 aromatic rings. The molecule has 1 fully saturated rings. The molecule has 0 amide bonds. The van der Waals surface area contributed by atoms with Crippen LogP contribution in [-0.4, -0.2) is 22.6 Å². The van der Waals surface area contributed by atoms with Gasteiger partial charge in [0.15, 0.2) is 0 Å². The van der Waals surface area contributed by atoms with Crippen LogP contribution in [0.3, 0.4) is 0 Å². The lowest BCUT2D eigenvalue weighted by Gasteiger charge is -2.18. The maximum absolute atomic E-state index is 4.32. The highest BCUT2D eigenvalue weighted by Crippen LogP contribution is 2.26. The van der Waals surface area contributed by atoms with Gasteiger partial charge in [-0.05, 0) is 12.8 Å². The van der Waals surface area contributed by atoms with Crippen LogP contribution in [0.1, 0.15) is 24.1 Å². The lowest BCUT2D eigenvalue weighted by atomic mass is 10.1. The van der Waals surface area contributed by atoms with E-state index in [4.69, 9.17) is 0 Å². The quantitative estimate of drug-likeness (QED) is 0.720. The first-order valence-corrected chi connectivity index (χ1v) is 5.23. The molecule has 1 aliphatic heterocycles. The Balaban J connectivity index is 1.92. The average Bonchev–Trinajstić information content (AvgIpc) is 3.03. The Morgan fingerprint density at radius 1 is 1.36 bits per heavy atom. The summed E-state index contributed by atoms with van der Waals surface area (Å²) in [6, 6.07) is 0.663. The van der Waals surface area contributed by atoms with E-state index in [1.54, 1.807) is 6.33 Å². The van der Waals surface area contributed by atoms with Gasteiger partial charge in [-0.15, -0.1) is 0 Å². The number of anilines is 1. The van der Waals surface area contributed by atoms with Gasteiger partial charge in [0.1, 0.15) is 12.1 Å². The molecule has 74 valence electrons. The van der Waals surface area contributed by atoms with E-state index in [1.165, 1.54) is 24.1 Å². The van der Waals surface area contributed by atoms with Crippen molar-refractivity contribution in [3.63, 3.8) is 0 Å². The van der Waals surface area contributed by atoms with Gasteiger partial charge in [-0.3, -0.25) is 0 Å². The fraction of sp³-hybridized carbons (Fsp3) is 0.600. The van der Waals surface area contributed by atoms with Gasteiger partial charge in [-0.25, -0.2) is 9.97 Å². The first kappa shape index (κ1) is 8.17. The standard InChI is InChI=1S/C10H14N4/c1-2-7(1)14-10-8-5-11-4-3-9(8)12-6-13-10/h6-7,11H,1-5H2,(H,12,13,14). The number of hydrogen-bond acceptors (Lipinski definition) is 4. The monoisotopic (exact) mass is 190 g/mol. The highest BCUT2D eigenvalue weighted by atomic mass is 15.1. The summed E-state index contributed by atoms with van der Waals surface area (Å²) in [7, 11) is 0. The molecule has 0 radical (unpaired) electrons. The second-order valence-corrected chi connectivity index (χ2v) is 3.99. The second-order valence-electron chi connectivity index (χ2n) is 3.99. The third-order valence-corrected chi connectivity index (χ3v) is 2.79. The van der Waals surface area contributed by atoms with Crippen molar-refractivity contribution in [1.29, 1.82) is 0 Å². The van der Waals surface area contributed by atoms with Crippen LogP contribution in [0.5, 0.6) is 0 Å². The zero-order chi connectivity index (χ0) is 9.38. The van der Waals surface area contributed by atoms with Crippen molar-refractivity contribution in [3.05, 3.63) is 17.6 Å². The van der Waals surface area contributed by atoms with E-state index >= 15 is 0 Å². The van der Waals surface area contributed by atoms with Crippen LogP contribution >= 0.6 is 0 Å². The molecule has 2 heterocycles. The van der Waals surface area contributed by atoms with Crippen molar-refractivity contribution in [1.82, 2.24) is 15.3 Å². The van der Waals surface area contributed by atoms with Crippen molar-refractivity contribution in [2.45, 2.75) is 31.8 Å². The molecular formula is C10H14N4. The van der Waals surface area contributed by atoms with Crippen LogP contribution in [-0.2, 0) is 13.0 Å². The SMILES string of the molecule is c1nc2c(c(NC3CC3)n1)CNCC2. The molecule has 14 heavy (non-hydrogen) atoms. The molecule has 0 atom stereocenters. The van der Waals surface area contributed by atoms with Gasteiger partial charge in [0.25, 0.3) is 0 Å². The third kappa shape index (κ3) is 1.46. The number of nitrogens with one attached hydrogen (secondary N) is 2. The van der Waals surface area contributed by atoms with Gasteiger partial charge in [-0.1, -0.05) is 0 Å². The lowest BCUT2D eigenvalue weighted by molar-refractivity contribution is 0.627. The highest BCUT2D eigenvalue weighted by Gasteiger charge is 2.24. The summed E-state index contributed by atoms with van der Waals surface area (Å²) in [6.45, 7) is 1.94. The molecule has 2 aliphatic rings. The van der Waals surface area contributed by atoms with Gasteiger partial charge < -0.3 is 10.6 Å². The smallest absolute Gasteiger partial charge is 0.134 e. The summed E-state index contributed by atoms with van der Waals surface area (Å²) < 4.78 is 0. The molecule has 1 saturated carbocycles. The Hall–Kier alpha value is -1.16. The molecule has 1 aromatic heterocycles. The Morgan fingerprint density at radius 3 is 3.14 bits per heavy atom. The van der Waals surface area contributed by atoms with Crippen molar-refractivity contribution < 1.29 is 0 Å². The predicted octanol–water partition coefficient (Wildman–Crippen LogP) is 0.697. The minimum absolute atomic E-state index is 0.663. The number of aromatic nitrogens is 2. The van der Waals surface area contributed by atoms with E-state index in [0.29, 0.717) is 6.04 Å². The molecule has 3 rings (SSSR count). The maximum atomic E-state index is 4.32. The summed E-state index contributed by atoms with van der Waals surface area (Å²) in [5.41, 5.74) is 2.48. The van der Waals surface area contributed by atoms with Crippen LogP contribution in [0.25, 0.3) is 0 Å². The van der Waals surface area contributed by atoms with E-state index in [-0.39, 0.29) is 0 Å². The summed E-state index contributed by atoms with van der Waals surface area (Å²) in [5.74, 6) is 1.05. The van der Waals surface area contributed by atoms with Crippen LogP contribution in [0, 0.1) is 0 Å². The minimum atomic E-state index is 0.663. The van der Waals surface area contributed by atoms with Crippen molar-refractivity contribution in [3.8, 4) is 0 Å². The average molecular weight is 190 g/mol.